The van der Waals surface area contributed by atoms with Crippen molar-refractivity contribution < 1.29 is 4.39 Å². The molecular weight excluding hydrogens is 273 g/mol. The van der Waals surface area contributed by atoms with E-state index >= 15 is 0 Å². The third kappa shape index (κ3) is 2.35. The molecule has 5 heteroatoms. The summed E-state index contributed by atoms with van der Waals surface area (Å²) >= 11 is 3.48. The third-order valence-corrected chi connectivity index (χ3v) is 2.61. The van der Waals surface area contributed by atoms with Crippen molar-refractivity contribution in [3.8, 4) is 0 Å². The number of halogens is 2. The SMILES string of the molecule is CC(Br)CN(C)c1nc2ccc(F)cc2[nH]1. The maximum atomic E-state index is 13.0. The summed E-state index contributed by atoms with van der Waals surface area (Å²) in [5.74, 6) is 0.506. The lowest BCUT2D eigenvalue weighted by Gasteiger charge is -2.16. The lowest BCUT2D eigenvalue weighted by molar-refractivity contribution is 0.629. The van der Waals surface area contributed by atoms with Crippen molar-refractivity contribution in [1.82, 2.24) is 9.97 Å². The average molecular weight is 286 g/mol. The van der Waals surface area contributed by atoms with Crippen molar-refractivity contribution in [1.29, 1.82) is 0 Å². The summed E-state index contributed by atoms with van der Waals surface area (Å²) < 4.78 is 13.0. The van der Waals surface area contributed by atoms with Crippen LogP contribution in [0.25, 0.3) is 11.0 Å². The fourth-order valence-electron chi connectivity index (χ4n) is 1.61. The maximum Gasteiger partial charge on any atom is 0.203 e. The molecule has 1 unspecified atom stereocenters. The Bertz CT molecular complexity index is 495. The van der Waals surface area contributed by atoms with Gasteiger partial charge in [-0.05, 0) is 18.2 Å². The number of fused-ring (bicyclic) bond motifs is 1. The molecule has 1 aromatic heterocycles. The number of alkyl halides is 1. The van der Waals surface area contributed by atoms with Gasteiger partial charge in [-0.1, -0.05) is 22.9 Å². The fourth-order valence-corrected chi connectivity index (χ4v) is 2.05. The highest BCUT2D eigenvalue weighted by Crippen LogP contribution is 2.18. The predicted molar refractivity (Wildman–Crippen MR) is 67.7 cm³/mol. The van der Waals surface area contributed by atoms with E-state index in [9.17, 15) is 4.39 Å². The molecule has 0 bridgehead atoms. The maximum absolute atomic E-state index is 13.0. The molecule has 0 aliphatic rings. The monoisotopic (exact) mass is 285 g/mol. The van der Waals surface area contributed by atoms with Crippen LogP contribution in [0.4, 0.5) is 10.3 Å². The van der Waals surface area contributed by atoms with E-state index < -0.39 is 0 Å². The Kier molecular flexibility index (Phi) is 3.14. The number of hydrogen-bond acceptors (Lipinski definition) is 2. The van der Waals surface area contributed by atoms with Crippen molar-refractivity contribution in [2.75, 3.05) is 18.5 Å². The molecule has 0 radical (unpaired) electrons. The molecule has 2 rings (SSSR count). The number of nitrogens with one attached hydrogen (secondary N) is 1. The van der Waals surface area contributed by atoms with Crippen LogP contribution in [0, 0.1) is 5.82 Å². The van der Waals surface area contributed by atoms with Gasteiger partial charge in [-0.15, -0.1) is 0 Å². The molecule has 1 heterocycles. The molecular formula is C11H13BrFN3. The number of benzene rings is 1. The highest BCUT2D eigenvalue weighted by Gasteiger charge is 2.09. The number of nitrogens with zero attached hydrogens (tertiary/aromatic N) is 2. The lowest BCUT2D eigenvalue weighted by atomic mass is 10.3. The molecule has 3 nitrogen and oxygen atoms in total. The normalized spacial score (nSPS) is 13.0. The van der Waals surface area contributed by atoms with Crippen LogP contribution in [0.1, 0.15) is 6.92 Å². The van der Waals surface area contributed by atoms with Gasteiger partial charge in [0.15, 0.2) is 0 Å². The smallest absolute Gasteiger partial charge is 0.203 e. The molecule has 86 valence electrons. The van der Waals surface area contributed by atoms with E-state index in [-0.39, 0.29) is 5.82 Å². The molecule has 16 heavy (non-hydrogen) atoms. The number of rotatable bonds is 3. The molecule has 2 aromatic rings. The summed E-state index contributed by atoms with van der Waals surface area (Å²) in [5.41, 5.74) is 1.51. The van der Waals surface area contributed by atoms with Crippen LogP contribution in [0.3, 0.4) is 0 Å². The van der Waals surface area contributed by atoms with Gasteiger partial charge in [-0.3, -0.25) is 0 Å². The van der Waals surface area contributed by atoms with Gasteiger partial charge in [0.2, 0.25) is 5.95 Å². The van der Waals surface area contributed by atoms with Crippen LogP contribution in [-0.4, -0.2) is 28.4 Å². The minimum absolute atomic E-state index is 0.251. The molecule has 1 atom stereocenters. The van der Waals surface area contributed by atoms with Crippen LogP contribution >= 0.6 is 15.9 Å². The van der Waals surface area contributed by atoms with Crippen LogP contribution in [-0.2, 0) is 0 Å². The number of aromatic nitrogens is 2. The van der Waals surface area contributed by atoms with Crippen LogP contribution in [0.15, 0.2) is 18.2 Å². The Labute approximate surface area is 102 Å². The second-order valence-corrected chi connectivity index (χ2v) is 5.45. The van der Waals surface area contributed by atoms with Crippen molar-refractivity contribution in [3.63, 3.8) is 0 Å². The summed E-state index contributed by atoms with van der Waals surface area (Å²) in [6.45, 7) is 2.90. The van der Waals surface area contributed by atoms with E-state index in [4.69, 9.17) is 0 Å². The lowest BCUT2D eigenvalue weighted by Crippen LogP contribution is -2.24. The Hall–Kier alpha value is -1.10. The molecule has 0 saturated carbocycles. The fraction of sp³-hybridized carbons (Fsp3) is 0.364. The van der Waals surface area contributed by atoms with Crippen LogP contribution in [0.5, 0.6) is 0 Å². The highest BCUT2D eigenvalue weighted by atomic mass is 79.9. The summed E-state index contributed by atoms with van der Waals surface area (Å²) in [6.07, 6.45) is 0. The van der Waals surface area contributed by atoms with E-state index in [1.165, 1.54) is 12.1 Å². The van der Waals surface area contributed by atoms with Crippen LogP contribution < -0.4 is 4.90 Å². The van der Waals surface area contributed by atoms with Gasteiger partial charge in [0, 0.05) is 18.4 Å². The van der Waals surface area contributed by atoms with E-state index in [0.29, 0.717) is 4.83 Å². The highest BCUT2D eigenvalue weighted by molar-refractivity contribution is 9.09. The van der Waals surface area contributed by atoms with E-state index in [2.05, 4.69) is 32.8 Å². The molecule has 1 aromatic carbocycles. The zero-order chi connectivity index (χ0) is 11.7. The summed E-state index contributed by atoms with van der Waals surface area (Å²) in [5, 5.41) is 0. The molecule has 0 fully saturated rings. The molecule has 0 amide bonds. The van der Waals surface area contributed by atoms with E-state index in [1.807, 2.05) is 11.9 Å². The first-order valence-electron chi connectivity index (χ1n) is 5.07. The van der Waals surface area contributed by atoms with Crippen molar-refractivity contribution >= 4 is 32.9 Å². The molecule has 1 N–H and O–H groups in total. The molecule has 0 spiro atoms. The van der Waals surface area contributed by atoms with E-state index in [0.717, 1.165) is 23.5 Å². The van der Waals surface area contributed by atoms with Crippen molar-refractivity contribution in [3.05, 3.63) is 24.0 Å². The largest absolute Gasteiger partial charge is 0.344 e. The third-order valence-electron chi connectivity index (χ3n) is 2.32. The second kappa shape index (κ2) is 4.41. The van der Waals surface area contributed by atoms with Gasteiger partial charge in [0.05, 0.1) is 11.0 Å². The zero-order valence-corrected chi connectivity index (χ0v) is 10.8. The first kappa shape index (κ1) is 11.4. The number of H-pyrrole nitrogens is 1. The average Bonchev–Trinajstić information content (AvgIpc) is 2.59. The quantitative estimate of drug-likeness (QED) is 0.880. The Morgan fingerprint density at radius 2 is 2.31 bits per heavy atom. The number of hydrogen-bond donors (Lipinski definition) is 1. The van der Waals surface area contributed by atoms with Gasteiger partial charge < -0.3 is 9.88 Å². The van der Waals surface area contributed by atoms with Gasteiger partial charge in [0.25, 0.3) is 0 Å². The zero-order valence-electron chi connectivity index (χ0n) is 9.17. The van der Waals surface area contributed by atoms with Crippen LogP contribution in [0.2, 0.25) is 0 Å². The topological polar surface area (TPSA) is 31.9 Å². The Morgan fingerprint density at radius 1 is 1.56 bits per heavy atom. The molecule has 0 aliphatic heterocycles. The van der Waals surface area contributed by atoms with Gasteiger partial charge in [0.1, 0.15) is 5.82 Å². The predicted octanol–water partition coefficient (Wildman–Crippen LogP) is 2.92. The van der Waals surface area contributed by atoms with Crippen molar-refractivity contribution in [2.24, 2.45) is 0 Å². The summed E-state index contributed by atoms with van der Waals surface area (Å²) in [7, 11) is 1.95. The van der Waals surface area contributed by atoms with Crippen molar-refractivity contribution in [2.45, 2.75) is 11.8 Å². The first-order valence-corrected chi connectivity index (χ1v) is 5.98. The standard InChI is InChI=1S/C11H13BrFN3/c1-7(12)6-16(2)11-14-9-4-3-8(13)5-10(9)15-11/h3-5,7H,6H2,1-2H3,(H,14,15). The minimum atomic E-state index is -0.251. The first-order chi connectivity index (χ1) is 7.56. The number of imidazole rings is 1. The van der Waals surface area contributed by atoms with Gasteiger partial charge >= 0.3 is 0 Å². The minimum Gasteiger partial charge on any atom is -0.344 e. The number of aromatic amines is 1. The summed E-state index contributed by atoms with van der Waals surface area (Å²) in [6, 6.07) is 4.55. The number of anilines is 1. The van der Waals surface area contributed by atoms with Gasteiger partial charge in [-0.25, -0.2) is 9.37 Å². The van der Waals surface area contributed by atoms with E-state index in [1.54, 1.807) is 6.07 Å². The second-order valence-electron chi connectivity index (χ2n) is 3.88. The Balaban J connectivity index is 2.32. The Morgan fingerprint density at radius 3 is 3.00 bits per heavy atom. The summed E-state index contributed by atoms with van der Waals surface area (Å²) in [4.78, 5) is 9.86. The molecule has 0 saturated heterocycles. The van der Waals surface area contributed by atoms with Gasteiger partial charge in [-0.2, -0.15) is 0 Å². The molecule has 0 aliphatic carbocycles.